The maximum atomic E-state index is 10.4. The average Bonchev–Trinajstić information content (AvgIpc) is 2.98. The molecule has 0 aliphatic heterocycles. The number of hydrogen-bond acceptors (Lipinski definition) is 4. The van der Waals surface area contributed by atoms with Crippen molar-refractivity contribution < 1.29 is 10.2 Å². The predicted octanol–water partition coefficient (Wildman–Crippen LogP) is 2.10. The zero-order chi connectivity index (χ0) is 14.5. The second kappa shape index (κ2) is 6.63. The molecule has 2 rings (SSSR count). The van der Waals surface area contributed by atoms with Gasteiger partial charge in [-0.05, 0) is 18.1 Å². The van der Waals surface area contributed by atoms with Crippen molar-refractivity contribution in [1.82, 2.24) is 15.0 Å². The molecular formula is C15H21N3O2. The number of aliphatic hydroxyl groups is 2. The lowest BCUT2D eigenvalue weighted by molar-refractivity contribution is -0.0241. The van der Waals surface area contributed by atoms with Crippen LogP contribution in [0.1, 0.15) is 38.5 Å². The second-order valence-electron chi connectivity index (χ2n) is 4.92. The van der Waals surface area contributed by atoms with E-state index in [1.54, 1.807) is 4.68 Å². The molecule has 2 atom stereocenters. The Balaban J connectivity index is 2.28. The predicted molar refractivity (Wildman–Crippen MR) is 76.4 cm³/mol. The minimum absolute atomic E-state index is 0.0594. The van der Waals surface area contributed by atoms with E-state index < -0.39 is 12.2 Å². The highest BCUT2D eigenvalue weighted by atomic mass is 16.3. The second-order valence-corrected chi connectivity index (χ2v) is 4.92. The Bertz CT molecular complexity index is 523. The van der Waals surface area contributed by atoms with Crippen LogP contribution in [0, 0.1) is 5.92 Å². The van der Waals surface area contributed by atoms with Crippen molar-refractivity contribution in [3.63, 3.8) is 0 Å². The molecular weight excluding hydrogens is 254 g/mol. The molecule has 2 unspecified atom stereocenters. The SMILES string of the molecule is CCC(CC)C(O)C(O)c1cnnn1-c1ccccc1. The molecule has 0 spiro atoms. The summed E-state index contributed by atoms with van der Waals surface area (Å²) in [6.07, 6.45) is 1.34. The van der Waals surface area contributed by atoms with Crippen LogP contribution in [0.5, 0.6) is 0 Å². The third kappa shape index (κ3) is 2.89. The molecule has 0 aliphatic rings. The highest BCUT2D eigenvalue weighted by Crippen LogP contribution is 2.26. The number of nitrogens with zero attached hydrogens (tertiary/aromatic N) is 3. The third-order valence-corrected chi connectivity index (χ3v) is 3.73. The molecule has 1 aromatic carbocycles. The molecule has 5 heteroatoms. The van der Waals surface area contributed by atoms with Crippen molar-refractivity contribution in [1.29, 1.82) is 0 Å². The number of hydrogen-bond donors (Lipinski definition) is 2. The van der Waals surface area contributed by atoms with Crippen LogP contribution in [-0.2, 0) is 0 Å². The van der Waals surface area contributed by atoms with Crippen LogP contribution in [0.25, 0.3) is 5.69 Å². The fourth-order valence-electron chi connectivity index (χ4n) is 2.42. The lowest BCUT2D eigenvalue weighted by Crippen LogP contribution is -2.28. The maximum absolute atomic E-state index is 10.4. The zero-order valence-corrected chi connectivity index (χ0v) is 11.8. The summed E-state index contributed by atoms with van der Waals surface area (Å²) in [6.45, 7) is 4.02. The van der Waals surface area contributed by atoms with Crippen LogP contribution >= 0.6 is 0 Å². The van der Waals surface area contributed by atoms with Crippen LogP contribution < -0.4 is 0 Å². The zero-order valence-electron chi connectivity index (χ0n) is 11.8. The van der Waals surface area contributed by atoms with Crippen LogP contribution in [-0.4, -0.2) is 31.3 Å². The van der Waals surface area contributed by atoms with Crippen LogP contribution in [0.2, 0.25) is 0 Å². The van der Waals surface area contributed by atoms with Gasteiger partial charge in [0.25, 0.3) is 0 Å². The Kier molecular flexibility index (Phi) is 4.87. The van der Waals surface area contributed by atoms with Gasteiger partial charge in [0.15, 0.2) is 0 Å². The highest BCUT2D eigenvalue weighted by molar-refractivity contribution is 5.32. The smallest absolute Gasteiger partial charge is 0.124 e. The van der Waals surface area contributed by atoms with E-state index in [0.29, 0.717) is 5.69 Å². The first kappa shape index (κ1) is 14.7. The van der Waals surface area contributed by atoms with E-state index in [4.69, 9.17) is 0 Å². The third-order valence-electron chi connectivity index (χ3n) is 3.73. The van der Waals surface area contributed by atoms with E-state index in [0.717, 1.165) is 18.5 Å². The first-order valence-electron chi connectivity index (χ1n) is 7.01. The topological polar surface area (TPSA) is 71.2 Å². The van der Waals surface area contributed by atoms with Gasteiger partial charge in [-0.15, -0.1) is 5.10 Å². The molecule has 0 aliphatic carbocycles. The maximum Gasteiger partial charge on any atom is 0.124 e. The van der Waals surface area contributed by atoms with Crippen LogP contribution in [0.15, 0.2) is 36.5 Å². The molecule has 2 aromatic rings. The number of rotatable bonds is 6. The normalized spacial score (nSPS) is 14.4. The summed E-state index contributed by atoms with van der Waals surface area (Å²) in [5.41, 5.74) is 1.33. The van der Waals surface area contributed by atoms with E-state index in [1.165, 1.54) is 6.20 Å². The van der Waals surface area contributed by atoms with Crippen molar-refractivity contribution in [3.8, 4) is 5.69 Å². The van der Waals surface area contributed by atoms with Gasteiger partial charge in [-0.1, -0.05) is 50.1 Å². The first-order valence-corrected chi connectivity index (χ1v) is 7.01. The van der Waals surface area contributed by atoms with Gasteiger partial charge in [0, 0.05) is 0 Å². The van der Waals surface area contributed by atoms with Crippen molar-refractivity contribution in [2.45, 2.75) is 38.9 Å². The molecule has 108 valence electrons. The van der Waals surface area contributed by atoms with E-state index in [2.05, 4.69) is 10.3 Å². The number of aliphatic hydroxyl groups excluding tert-OH is 2. The van der Waals surface area contributed by atoms with Gasteiger partial charge in [-0.3, -0.25) is 0 Å². The standard InChI is InChI=1S/C15H21N3O2/c1-3-11(4-2)14(19)15(20)13-10-16-17-18(13)12-8-6-5-7-9-12/h5-11,14-15,19-20H,3-4H2,1-2H3. The molecule has 1 aromatic heterocycles. The van der Waals surface area contributed by atoms with Crippen LogP contribution in [0.4, 0.5) is 0 Å². The lowest BCUT2D eigenvalue weighted by atomic mass is 9.91. The van der Waals surface area contributed by atoms with Crippen LogP contribution in [0.3, 0.4) is 0 Å². The highest BCUT2D eigenvalue weighted by Gasteiger charge is 2.28. The molecule has 2 N–H and O–H groups in total. The molecule has 0 saturated heterocycles. The first-order chi connectivity index (χ1) is 9.69. The van der Waals surface area contributed by atoms with E-state index in [9.17, 15) is 10.2 Å². The molecule has 0 bridgehead atoms. The summed E-state index contributed by atoms with van der Waals surface area (Å²) in [5.74, 6) is 0.0594. The number of benzene rings is 1. The van der Waals surface area contributed by atoms with Crippen molar-refractivity contribution >= 4 is 0 Å². The van der Waals surface area contributed by atoms with Gasteiger partial charge in [0.05, 0.1) is 23.7 Å². The lowest BCUT2D eigenvalue weighted by Gasteiger charge is -2.25. The molecule has 0 fully saturated rings. The van der Waals surface area contributed by atoms with Crippen molar-refractivity contribution in [2.24, 2.45) is 5.92 Å². The average molecular weight is 275 g/mol. The van der Waals surface area contributed by atoms with Crippen molar-refractivity contribution in [2.75, 3.05) is 0 Å². The fourth-order valence-corrected chi connectivity index (χ4v) is 2.42. The van der Waals surface area contributed by atoms with Gasteiger partial charge < -0.3 is 10.2 Å². The molecule has 5 nitrogen and oxygen atoms in total. The van der Waals surface area contributed by atoms with Gasteiger partial charge in [-0.25, -0.2) is 4.68 Å². The van der Waals surface area contributed by atoms with Gasteiger partial charge in [0.2, 0.25) is 0 Å². The fraction of sp³-hybridized carbons (Fsp3) is 0.467. The van der Waals surface area contributed by atoms with Gasteiger partial charge in [0.1, 0.15) is 6.10 Å². The number of para-hydroxylation sites is 1. The summed E-state index contributed by atoms with van der Waals surface area (Å²) in [7, 11) is 0. The molecule has 0 radical (unpaired) electrons. The quantitative estimate of drug-likeness (QED) is 0.847. The minimum atomic E-state index is -0.991. The Morgan fingerprint density at radius 3 is 2.35 bits per heavy atom. The molecule has 0 saturated carbocycles. The Labute approximate surface area is 118 Å². The van der Waals surface area contributed by atoms with Crippen molar-refractivity contribution in [3.05, 3.63) is 42.2 Å². The summed E-state index contributed by atoms with van der Waals surface area (Å²) in [6, 6.07) is 9.47. The Hall–Kier alpha value is -1.72. The van der Waals surface area contributed by atoms with E-state index >= 15 is 0 Å². The van der Waals surface area contributed by atoms with Gasteiger partial charge >= 0.3 is 0 Å². The Morgan fingerprint density at radius 1 is 1.10 bits per heavy atom. The monoisotopic (exact) mass is 275 g/mol. The summed E-state index contributed by atoms with van der Waals surface area (Å²) < 4.78 is 1.57. The summed E-state index contributed by atoms with van der Waals surface area (Å²) >= 11 is 0. The summed E-state index contributed by atoms with van der Waals surface area (Å²) in [4.78, 5) is 0. The minimum Gasteiger partial charge on any atom is -0.390 e. The largest absolute Gasteiger partial charge is 0.390 e. The van der Waals surface area contributed by atoms with E-state index in [1.807, 2.05) is 44.2 Å². The molecule has 0 amide bonds. The summed E-state index contributed by atoms with van der Waals surface area (Å²) in [5, 5.41) is 28.6. The van der Waals surface area contributed by atoms with Gasteiger partial charge in [-0.2, -0.15) is 0 Å². The number of aromatic nitrogens is 3. The van der Waals surface area contributed by atoms with E-state index in [-0.39, 0.29) is 5.92 Å². The Morgan fingerprint density at radius 2 is 1.75 bits per heavy atom. The molecule has 20 heavy (non-hydrogen) atoms. The molecule has 1 heterocycles.